The molecular weight excluding hydrogens is 188 g/mol. The fourth-order valence-corrected chi connectivity index (χ4v) is 1.39. The third-order valence-electron chi connectivity index (χ3n) is 2.16. The summed E-state index contributed by atoms with van der Waals surface area (Å²) >= 11 is 0. The molecule has 0 saturated heterocycles. The molecule has 1 aromatic rings. The highest BCUT2D eigenvalue weighted by molar-refractivity contribution is 4.96. The number of nitrogens with one attached hydrogen (secondary N) is 1. The van der Waals surface area contributed by atoms with Gasteiger partial charge in [-0.15, -0.1) is 0 Å². The maximum absolute atomic E-state index is 4.24. The van der Waals surface area contributed by atoms with Gasteiger partial charge in [0.1, 0.15) is 12.2 Å². The van der Waals surface area contributed by atoms with Crippen LogP contribution in [0.5, 0.6) is 0 Å². The molecule has 0 fully saturated rings. The molecule has 0 bridgehead atoms. The summed E-state index contributed by atoms with van der Waals surface area (Å²) < 4.78 is 1.96. The third kappa shape index (κ3) is 3.83. The lowest BCUT2D eigenvalue weighted by molar-refractivity contribution is 0.511. The van der Waals surface area contributed by atoms with Gasteiger partial charge in [-0.25, -0.2) is 9.67 Å². The first-order valence-electron chi connectivity index (χ1n) is 5.43. The third-order valence-corrected chi connectivity index (χ3v) is 2.16. The van der Waals surface area contributed by atoms with E-state index in [0.29, 0.717) is 6.04 Å². The van der Waals surface area contributed by atoms with Crippen molar-refractivity contribution in [2.75, 3.05) is 13.6 Å². The highest BCUT2D eigenvalue weighted by Gasteiger charge is 2.04. The monoisotopic (exact) mass is 208 g/mol. The number of nitrogens with zero attached hydrogens (tertiary/aromatic N) is 3. The predicted molar refractivity (Wildman–Crippen MR) is 61.8 cm³/mol. The van der Waals surface area contributed by atoms with Gasteiger partial charge in [-0.2, -0.15) is 5.10 Å². The van der Waals surface area contributed by atoms with Gasteiger partial charge in [0.05, 0.1) is 0 Å². The van der Waals surface area contributed by atoms with E-state index in [0.717, 1.165) is 25.2 Å². The maximum atomic E-state index is 4.24. The zero-order chi connectivity index (χ0) is 11.1. The van der Waals surface area contributed by atoms with Crippen molar-refractivity contribution in [3.63, 3.8) is 0 Å². The summed E-state index contributed by atoms with van der Waals surface area (Å²) in [5.74, 6) is 1.03. The van der Waals surface area contributed by atoms with Gasteiger partial charge in [0.15, 0.2) is 0 Å². The van der Waals surface area contributed by atoms with E-state index in [-0.39, 0.29) is 0 Å². The van der Waals surface area contributed by atoms with Crippen molar-refractivity contribution in [1.29, 1.82) is 0 Å². The Morgan fingerprint density at radius 3 is 2.93 bits per heavy atom. The van der Waals surface area contributed by atoms with Crippen LogP contribution in [0.4, 0.5) is 0 Å². The second kappa shape index (κ2) is 6.35. The lowest BCUT2D eigenvalue weighted by atomic mass is 10.3. The summed E-state index contributed by atoms with van der Waals surface area (Å²) in [6.45, 7) is 5.25. The molecule has 1 aromatic heterocycles. The second-order valence-electron chi connectivity index (χ2n) is 3.78. The average Bonchev–Trinajstić information content (AvgIpc) is 2.66. The molecule has 0 amide bonds. The molecule has 0 saturated carbocycles. The lowest BCUT2D eigenvalue weighted by Crippen LogP contribution is -2.08. The Bertz CT molecular complexity index is 301. The molecule has 15 heavy (non-hydrogen) atoms. The largest absolute Gasteiger partial charge is 0.319 e. The molecule has 0 unspecified atom stereocenters. The molecule has 0 aliphatic heterocycles. The minimum Gasteiger partial charge on any atom is -0.319 e. The van der Waals surface area contributed by atoms with Crippen molar-refractivity contribution >= 4 is 0 Å². The quantitative estimate of drug-likeness (QED) is 0.570. The van der Waals surface area contributed by atoms with E-state index < -0.39 is 0 Å². The smallest absolute Gasteiger partial charge is 0.138 e. The standard InChI is InChI=1S/C11H20N4/c1-10(2)15-11(13-9-14-15)7-5-4-6-8-12-3/h4-5,9-10,12H,6-8H2,1-3H3. The minimum atomic E-state index is 0.383. The van der Waals surface area contributed by atoms with Crippen molar-refractivity contribution < 1.29 is 0 Å². The molecule has 0 radical (unpaired) electrons. The van der Waals surface area contributed by atoms with Gasteiger partial charge in [-0.1, -0.05) is 12.2 Å². The molecule has 4 heteroatoms. The Balaban J connectivity index is 2.43. The van der Waals surface area contributed by atoms with Gasteiger partial charge in [0.25, 0.3) is 0 Å². The first-order valence-corrected chi connectivity index (χ1v) is 5.43. The van der Waals surface area contributed by atoms with Gasteiger partial charge < -0.3 is 5.32 Å². The second-order valence-corrected chi connectivity index (χ2v) is 3.78. The van der Waals surface area contributed by atoms with Gasteiger partial charge in [0.2, 0.25) is 0 Å². The first kappa shape index (κ1) is 11.9. The Morgan fingerprint density at radius 2 is 2.27 bits per heavy atom. The number of rotatable bonds is 6. The molecule has 84 valence electrons. The molecule has 0 aliphatic rings. The van der Waals surface area contributed by atoms with E-state index in [9.17, 15) is 0 Å². The van der Waals surface area contributed by atoms with Crippen LogP contribution in [0.2, 0.25) is 0 Å². The predicted octanol–water partition coefficient (Wildman–Crippen LogP) is 1.57. The molecule has 1 rings (SSSR count). The molecule has 1 heterocycles. The molecule has 0 aromatic carbocycles. The van der Waals surface area contributed by atoms with Gasteiger partial charge in [-0.05, 0) is 33.9 Å². The Morgan fingerprint density at radius 1 is 1.47 bits per heavy atom. The van der Waals surface area contributed by atoms with Crippen LogP contribution in [-0.4, -0.2) is 28.4 Å². The fourth-order valence-electron chi connectivity index (χ4n) is 1.39. The zero-order valence-corrected chi connectivity index (χ0v) is 9.77. The van der Waals surface area contributed by atoms with Crippen LogP contribution in [0.3, 0.4) is 0 Å². The minimum absolute atomic E-state index is 0.383. The molecule has 0 spiro atoms. The van der Waals surface area contributed by atoms with Gasteiger partial charge in [0, 0.05) is 12.5 Å². The van der Waals surface area contributed by atoms with Crippen molar-refractivity contribution in [3.8, 4) is 0 Å². The summed E-state index contributed by atoms with van der Waals surface area (Å²) in [5, 5.41) is 7.30. The Labute approximate surface area is 91.4 Å². The Hall–Kier alpha value is -1.16. The van der Waals surface area contributed by atoms with Crippen molar-refractivity contribution in [3.05, 3.63) is 24.3 Å². The first-order chi connectivity index (χ1) is 7.25. The average molecular weight is 208 g/mol. The SMILES string of the molecule is CNCCC=CCc1ncnn1C(C)C. The summed E-state index contributed by atoms with van der Waals surface area (Å²) in [7, 11) is 1.96. The van der Waals surface area contributed by atoms with E-state index in [1.165, 1.54) is 0 Å². The highest BCUT2D eigenvalue weighted by Crippen LogP contribution is 2.05. The van der Waals surface area contributed by atoms with E-state index in [2.05, 4.69) is 41.4 Å². The number of aromatic nitrogens is 3. The highest BCUT2D eigenvalue weighted by atomic mass is 15.3. The molecule has 1 N–H and O–H groups in total. The van der Waals surface area contributed by atoms with Crippen LogP contribution < -0.4 is 5.32 Å². The zero-order valence-electron chi connectivity index (χ0n) is 9.77. The fraction of sp³-hybridized carbons (Fsp3) is 0.636. The van der Waals surface area contributed by atoms with Gasteiger partial charge >= 0.3 is 0 Å². The lowest BCUT2D eigenvalue weighted by Gasteiger charge is -2.07. The van der Waals surface area contributed by atoms with E-state index in [4.69, 9.17) is 0 Å². The summed E-state index contributed by atoms with van der Waals surface area (Å²) in [4.78, 5) is 4.24. The molecule has 0 atom stereocenters. The Kier molecular flexibility index (Phi) is 5.04. The number of allylic oxidation sites excluding steroid dienone is 1. The van der Waals surface area contributed by atoms with E-state index in [1.807, 2.05) is 11.7 Å². The van der Waals surface area contributed by atoms with Crippen LogP contribution in [0.15, 0.2) is 18.5 Å². The van der Waals surface area contributed by atoms with Crippen molar-refractivity contribution in [2.45, 2.75) is 32.7 Å². The van der Waals surface area contributed by atoms with Crippen molar-refractivity contribution in [2.24, 2.45) is 0 Å². The summed E-state index contributed by atoms with van der Waals surface area (Å²) in [6, 6.07) is 0.383. The van der Waals surface area contributed by atoms with Crippen LogP contribution in [0.1, 0.15) is 32.1 Å². The van der Waals surface area contributed by atoms with E-state index in [1.54, 1.807) is 6.33 Å². The molecule has 0 aliphatic carbocycles. The molecule has 4 nitrogen and oxygen atoms in total. The number of hydrogen-bond acceptors (Lipinski definition) is 3. The normalized spacial score (nSPS) is 11.7. The molecular formula is C11H20N4. The van der Waals surface area contributed by atoms with Crippen LogP contribution in [0.25, 0.3) is 0 Å². The van der Waals surface area contributed by atoms with E-state index >= 15 is 0 Å². The number of hydrogen-bond donors (Lipinski definition) is 1. The summed E-state index contributed by atoms with van der Waals surface area (Å²) in [6.07, 6.45) is 7.88. The topological polar surface area (TPSA) is 42.7 Å². The van der Waals surface area contributed by atoms with Crippen LogP contribution in [-0.2, 0) is 6.42 Å². The summed E-state index contributed by atoms with van der Waals surface area (Å²) in [5.41, 5.74) is 0. The van der Waals surface area contributed by atoms with Gasteiger partial charge in [-0.3, -0.25) is 0 Å². The van der Waals surface area contributed by atoms with Crippen LogP contribution >= 0.6 is 0 Å². The van der Waals surface area contributed by atoms with Crippen molar-refractivity contribution in [1.82, 2.24) is 20.1 Å². The van der Waals surface area contributed by atoms with Crippen LogP contribution in [0, 0.1) is 0 Å². The maximum Gasteiger partial charge on any atom is 0.138 e.